The molecule has 156 valence electrons. The minimum atomic E-state index is -4.47. The molecule has 1 heterocycles. The number of aryl methyl sites for hydroxylation is 1. The number of carbonyl (C=O) groups is 1. The molecular weight excluding hydrogens is 425 g/mol. The fourth-order valence-electron chi connectivity index (χ4n) is 3.42. The predicted molar refractivity (Wildman–Crippen MR) is 107 cm³/mol. The van der Waals surface area contributed by atoms with Crippen LogP contribution in [0, 0.1) is 5.92 Å². The van der Waals surface area contributed by atoms with Crippen LogP contribution in [-0.2, 0) is 12.6 Å². The van der Waals surface area contributed by atoms with Crippen LogP contribution in [0.25, 0.3) is 0 Å². The zero-order valence-electron chi connectivity index (χ0n) is 15.5. The summed E-state index contributed by atoms with van der Waals surface area (Å²) in [6.07, 6.45) is 2.08. The average Bonchev–Trinajstić information content (AvgIpc) is 3.28. The average molecular weight is 445 g/mol. The van der Waals surface area contributed by atoms with E-state index in [2.05, 4.69) is 6.08 Å². The minimum absolute atomic E-state index is 0.00584. The van der Waals surface area contributed by atoms with Gasteiger partial charge in [-0.2, -0.15) is 13.2 Å². The zero-order chi connectivity index (χ0) is 21.0. The summed E-state index contributed by atoms with van der Waals surface area (Å²) < 4.78 is 44.4. The zero-order valence-corrected chi connectivity index (χ0v) is 17.0. The van der Waals surface area contributed by atoms with Gasteiger partial charge in [-0.1, -0.05) is 23.3 Å². The highest BCUT2D eigenvalue weighted by atomic mass is 35.5. The number of hydrogen-bond acceptors (Lipinski definition) is 3. The van der Waals surface area contributed by atoms with E-state index in [1.54, 1.807) is 6.07 Å². The number of hydrogen-bond donors (Lipinski definition) is 1. The maximum absolute atomic E-state index is 12.9. The molecule has 0 saturated carbocycles. The third-order valence-corrected chi connectivity index (χ3v) is 6.21. The van der Waals surface area contributed by atoms with E-state index in [-0.39, 0.29) is 16.7 Å². The van der Waals surface area contributed by atoms with Crippen molar-refractivity contribution >= 4 is 28.9 Å². The lowest BCUT2D eigenvalue weighted by Gasteiger charge is -2.17. The molecule has 2 aromatic rings. The SMILES string of the molecule is O=C(O)c1ccc(CCCC2=CCC[C@@H]2COc2cc(Cl)cc(C(F)(F)F)c2)s1. The van der Waals surface area contributed by atoms with Gasteiger partial charge in [0.05, 0.1) is 12.2 Å². The van der Waals surface area contributed by atoms with Crippen molar-refractivity contribution < 1.29 is 27.8 Å². The Hall–Kier alpha value is -1.99. The van der Waals surface area contributed by atoms with Crippen LogP contribution in [0.2, 0.25) is 5.02 Å². The summed E-state index contributed by atoms with van der Waals surface area (Å²) in [5, 5.41) is 8.97. The second kappa shape index (κ2) is 9.22. The molecule has 1 aliphatic rings. The minimum Gasteiger partial charge on any atom is -0.493 e. The molecule has 0 unspecified atom stereocenters. The van der Waals surface area contributed by atoms with E-state index in [1.165, 1.54) is 23.0 Å². The Balaban J connectivity index is 1.52. The largest absolute Gasteiger partial charge is 0.493 e. The molecule has 29 heavy (non-hydrogen) atoms. The van der Waals surface area contributed by atoms with Gasteiger partial charge in [0, 0.05) is 15.8 Å². The quantitative estimate of drug-likeness (QED) is 0.452. The first kappa shape index (κ1) is 21.7. The predicted octanol–water partition coefficient (Wildman–Crippen LogP) is 6.86. The molecular formula is C21H20ClF3O3S. The molecule has 0 radical (unpaired) electrons. The molecule has 0 saturated heterocycles. The van der Waals surface area contributed by atoms with E-state index in [9.17, 15) is 18.0 Å². The second-order valence-corrected chi connectivity index (χ2v) is 8.57. The summed E-state index contributed by atoms with van der Waals surface area (Å²) in [6.45, 7) is 0.311. The van der Waals surface area contributed by atoms with Crippen molar-refractivity contribution in [2.75, 3.05) is 6.61 Å². The highest BCUT2D eigenvalue weighted by Gasteiger charge is 2.31. The molecule has 8 heteroatoms. The number of benzene rings is 1. The van der Waals surface area contributed by atoms with Gasteiger partial charge in [-0.15, -0.1) is 11.3 Å². The summed E-state index contributed by atoms with van der Waals surface area (Å²) in [6, 6.07) is 6.71. The summed E-state index contributed by atoms with van der Waals surface area (Å²) in [5.74, 6) is -0.622. The molecule has 1 aromatic carbocycles. The Kier molecular flexibility index (Phi) is 6.90. The number of rotatable bonds is 8. The molecule has 1 aromatic heterocycles. The van der Waals surface area contributed by atoms with Gasteiger partial charge in [-0.05, 0) is 62.4 Å². The molecule has 3 rings (SSSR count). The molecule has 0 spiro atoms. The number of aromatic carboxylic acids is 1. The van der Waals surface area contributed by atoms with Crippen LogP contribution in [0.4, 0.5) is 13.2 Å². The first-order chi connectivity index (χ1) is 13.7. The van der Waals surface area contributed by atoms with Gasteiger partial charge in [0.15, 0.2) is 0 Å². The van der Waals surface area contributed by atoms with Crippen LogP contribution in [0.3, 0.4) is 0 Å². The lowest BCUT2D eigenvalue weighted by Crippen LogP contribution is -2.13. The number of halogens is 4. The summed E-state index contributed by atoms with van der Waals surface area (Å²) in [4.78, 5) is 12.3. The summed E-state index contributed by atoms with van der Waals surface area (Å²) in [5.41, 5.74) is 0.428. The summed E-state index contributed by atoms with van der Waals surface area (Å²) >= 11 is 7.09. The molecule has 0 bridgehead atoms. The normalized spacial score (nSPS) is 16.7. The first-order valence-electron chi connectivity index (χ1n) is 9.24. The number of carboxylic acid groups (broad SMARTS) is 1. The second-order valence-electron chi connectivity index (χ2n) is 6.96. The van der Waals surface area contributed by atoms with Crippen LogP contribution in [0.1, 0.15) is 45.8 Å². The van der Waals surface area contributed by atoms with Crippen molar-refractivity contribution in [1.82, 2.24) is 0 Å². The Morgan fingerprint density at radius 1 is 1.24 bits per heavy atom. The number of ether oxygens (including phenoxy) is 1. The topological polar surface area (TPSA) is 46.5 Å². The number of thiophene rings is 1. The van der Waals surface area contributed by atoms with Gasteiger partial charge >= 0.3 is 12.1 Å². The Morgan fingerprint density at radius 3 is 2.72 bits per heavy atom. The summed E-state index contributed by atoms with van der Waals surface area (Å²) in [7, 11) is 0. The molecule has 1 N–H and O–H groups in total. The molecule has 3 nitrogen and oxygen atoms in total. The number of allylic oxidation sites excluding steroid dienone is 1. The van der Waals surface area contributed by atoms with Gasteiger partial charge in [-0.3, -0.25) is 0 Å². The Bertz CT molecular complexity index is 905. The maximum Gasteiger partial charge on any atom is 0.416 e. The Labute approximate surface area is 175 Å². The van der Waals surface area contributed by atoms with Gasteiger partial charge < -0.3 is 9.84 Å². The lowest BCUT2D eigenvalue weighted by molar-refractivity contribution is -0.137. The van der Waals surface area contributed by atoms with E-state index < -0.39 is 17.7 Å². The van der Waals surface area contributed by atoms with Crippen LogP contribution in [0.5, 0.6) is 5.75 Å². The lowest BCUT2D eigenvalue weighted by atomic mass is 9.97. The van der Waals surface area contributed by atoms with Crippen LogP contribution >= 0.6 is 22.9 Å². The van der Waals surface area contributed by atoms with Crippen molar-refractivity contribution in [2.45, 2.75) is 38.3 Å². The monoisotopic (exact) mass is 444 g/mol. The van der Waals surface area contributed by atoms with E-state index in [4.69, 9.17) is 21.4 Å². The standard InChI is InChI=1S/C21H20ClF3O3S/c22-16-9-15(21(23,24)25)10-17(11-16)28-12-14-5-1-3-13(14)4-2-6-18-7-8-19(29-18)20(26)27/h3,7-11,14H,1-2,4-6,12H2,(H,26,27)/t14-/m1/s1. The van der Waals surface area contributed by atoms with Crippen molar-refractivity contribution in [3.05, 3.63) is 62.3 Å². The van der Waals surface area contributed by atoms with Gasteiger partial charge in [0.2, 0.25) is 0 Å². The van der Waals surface area contributed by atoms with Gasteiger partial charge in [0.1, 0.15) is 10.6 Å². The van der Waals surface area contributed by atoms with Crippen LogP contribution < -0.4 is 4.74 Å². The van der Waals surface area contributed by atoms with Crippen LogP contribution in [0.15, 0.2) is 42.0 Å². The Morgan fingerprint density at radius 2 is 2.03 bits per heavy atom. The smallest absolute Gasteiger partial charge is 0.416 e. The number of carboxylic acids is 1. The van der Waals surface area contributed by atoms with Gasteiger partial charge in [-0.25, -0.2) is 4.79 Å². The van der Waals surface area contributed by atoms with Crippen molar-refractivity contribution in [1.29, 1.82) is 0 Å². The first-order valence-corrected chi connectivity index (χ1v) is 10.4. The van der Waals surface area contributed by atoms with Crippen molar-refractivity contribution in [3.63, 3.8) is 0 Å². The van der Waals surface area contributed by atoms with E-state index >= 15 is 0 Å². The number of alkyl halides is 3. The van der Waals surface area contributed by atoms with Crippen LogP contribution in [-0.4, -0.2) is 17.7 Å². The molecule has 0 fully saturated rings. The van der Waals surface area contributed by atoms with Gasteiger partial charge in [0.25, 0.3) is 0 Å². The third kappa shape index (κ3) is 6.00. The van der Waals surface area contributed by atoms with E-state index in [0.717, 1.165) is 49.1 Å². The maximum atomic E-state index is 12.9. The molecule has 1 aliphatic carbocycles. The fourth-order valence-corrected chi connectivity index (χ4v) is 4.53. The highest BCUT2D eigenvalue weighted by molar-refractivity contribution is 7.13. The fraction of sp³-hybridized carbons (Fsp3) is 0.381. The van der Waals surface area contributed by atoms with Crippen molar-refractivity contribution in [3.8, 4) is 5.75 Å². The van der Waals surface area contributed by atoms with E-state index in [1.807, 2.05) is 6.07 Å². The molecule has 0 amide bonds. The van der Waals surface area contributed by atoms with E-state index in [0.29, 0.717) is 11.5 Å². The third-order valence-electron chi connectivity index (χ3n) is 4.86. The van der Waals surface area contributed by atoms with Crippen molar-refractivity contribution in [2.24, 2.45) is 5.92 Å². The molecule has 1 atom stereocenters. The highest BCUT2D eigenvalue weighted by Crippen LogP contribution is 2.35. The molecule has 0 aliphatic heterocycles.